The molecule has 2 aromatic rings. The first-order chi connectivity index (χ1) is 12.9. The number of fused-ring (bicyclic) bond motifs is 1. The maximum atomic E-state index is 6.42. The van der Waals surface area contributed by atoms with Crippen molar-refractivity contribution in [2.45, 2.75) is 78.5 Å². The number of H-pyrrole nitrogens is 1. The van der Waals surface area contributed by atoms with Crippen molar-refractivity contribution < 1.29 is 4.74 Å². The SMILES string of the molecule is Cc1n[nH]c(C)c1-c1ccc(OC2CCC3N(C(C)C)CCC3(C)C2)cc1. The molecule has 0 radical (unpaired) electrons. The highest BCUT2D eigenvalue weighted by Crippen LogP contribution is 2.48. The van der Waals surface area contributed by atoms with E-state index >= 15 is 0 Å². The third-order valence-corrected chi connectivity index (χ3v) is 6.84. The molecule has 1 aliphatic carbocycles. The van der Waals surface area contributed by atoms with Gasteiger partial charge in [0.2, 0.25) is 0 Å². The van der Waals surface area contributed by atoms with Crippen LogP contribution in [0.3, 0.4) is 0 Å². The molecule has 4 nitrogen and oxygen atoms in total. The Labute approximate surface area is 163 Å². The van der Waals surface area contributed by atoms with Gasteiger partial charge in [-0.15, -0.1) is 0 Å². The summed E-state index contributed by atoms with van der Waals surface area (Å²) in [6.45, 7) is 12.5. The lowest BCUT2D eigenvalue weighted by Gasteiger charge is -2.43. The van der Waals surface area contributed by atoms with Gasteiger partial charge in [-0.25, -0.2) is 0 Å². The largest absolute Gasteiger partial charge is 0.490 e. The third kappa shape index (κ3) is 3.40. The number of aromatic amines is 1. The first-order valence-electron chi connectivity index (χ1n) is 10.4. The lowest BCUT2D eigenvalue weighted by atomic mass is 9.70. The van der Waals surface area contributed by atoms with Crippen LogP contribution in [0, 0.1) is 19.3 Å². The highest BCUT2D eigenvalue weighted by atomic mass is 16.5. The lowest BCUT2D eigenvalue weighted by molar-refractivity contribution is 0.0274. The molecule has 1 saturated carbocycles. The normalized spacial score (nSPS) is 28.5. The molecule has 0 bridgehead atoms. The average molecular weight is 368 g/mol. The Hall–Kier alpha value is -1.81. The molecule has 3 atom stereocenters. The fraction of sp³-hybridized carbons (Fsp3) is 0.609. The van der Waals surface area contributed by atoms with Crippen LogP contribution in [0.15, 0.2) is 24.3 Å². The van der Waals surface area contributed by atoms with E-state index in [4.69, 9.17) is 4.74 Å². The Bertz CT molecular complexity index is 775. The maximum absolute atomic E-state index is 6.42. The van der Waals surface area contributed by atoms with Crippen molar-refractivity contribution in [1.82, 2.24) is 15.1 Å². The molecule has 2 aliphatic rings. The van der Waals surface area contributed by atoms with Crippen molar-refractivity contribution in [3.05, 3.63) is 35.7 Å². The molecule has 1 aliphatic heterocycles. The third-order valence-electron chi connectivity index (χ3n) is 6.84. The second-order valence-corrected chi connectivity index (χ2v) is 9.11. The summed E-state index contributed by atoms with van der Waals surface area (Å²) < 4.78 is 6.42. The van der Waals surface area contributed by atoms with Gasteiger partial charge in [0.25, 0.3) is 0 Å². The second-order valence-electron chi connectivity index (χ2n) is 9.11. The summed E-state index contributed by atoms with van der Waals surface area (Å²) in [4.78, 5) is 2.71. The molecule has 2 heterocycles. The van der Waals surface area contributed by atoms with E-state index in [2.05, 4.69) is 67.1 Å². The molecule has 1 aromatic carbocycles. The van der Waals surface area contributed by atoms with Crippen molar-refractivity contribution >= 4 is 0 Å². The van der Waals surface area contributed by atoms with Crippen LogP contribution in [-0.4, -0.2) is 39.8 Å². The summed E-state index contributed by atoms with van der Waals surface area (Å²) in [5.74, 6) is 0.989. The number of rotatable bonds is 4. The first kappa shape index (κ1) is 18.5. The fourth-order valence-corrected chi connectivity index (χ4v) is 5.41. The Balaban J connectivity index is 1.43. The van der Waals surface area contributed by atoms with Gasteiger partial charge in [-0.3, -0.25) is 10.00 Å². The molecule has 1 aromatic heterocycles. The molecule has 4 heteroatoms. The zero-order valence-corrected chi connectivity index (χ0v) is 17.4. The predicted octanol–water partition coefficient (Wildman–Crippen LogP) is 5.11. The minimum absolute atomic E-state index is 0.335. The molecule has 146 valence electrons. The Kier molecular flexibility index (Phi) is 4.79. The number of hydrogen-bond acceptors (Lipinski definition) is 3. The van der Waals surface area contributed by atoms with Crippen LogP contribution in [0.4, 0.5) is 0 Å². The summed E-state index contributed by atoms with van der Waals surface area (Å²) in [5.41, 5.74) is 4.96. The molecule has 1 N–H and O–H groups in total. The van der Waals surface area contributed by atoms with Crippen LogP contribution in [0.1, 0.15) is 57.8 Å². The van der Waals surface area contributed by atoms with Crippen LogP contribution in [0.25, 0.3) is 11.1 Å². The number of benzene rings is 1. The number of aromatic nitrogens is 2. The maximum Gasteiger partial charge on any atom is 0.119 e. The van der Waals surface area contributed by atoms with Gasteiger partial charge in [0, 0.05) is 23.3 Å². The van der Waals surface area contributed by atoms with E-state index in [0.29, 0.717) is 17.6 Å². The van der Waals surface area contributed by atoms with Crippen molar-refractivity contribution in [2.24, 2.45) is 5.41 Å². The van der Waals surface area contributed by atoms with E-state index in [1.807, 2.05) is 6.92 Å². The molecule has 1 saturated heterocycles. The van der Waals surface area contributed by atoms with Gasteiger partial charge >= 0.3 is 0 Å². The van der Waals surface area contributed by atoms with E-state index in [0.717, 1.165) is 29.6 Å². The first-order valence-corrected chi connectivity index (χ1v) is 10.4. The number of likely N-dealkylation sites (tertiary alicyclic amines) is 1. The number of hydrogen-bond donors (Lipinski definition) is 1. The van der Waals surface area contributed by atoms with Crippen LogP contribution in [0.5, 0.6) is 5.75 Å². The lowest BCUT2D eigenvalue weighted by Crippen LogP contribution is -2.47. The van der Waals surface area contributed by atoms with Crippen LogP contribution in [0.2, 0.25) is 0 Å². The van der Waals surface area contributed by atoms with Gasteiger partial charge in [-0.1, -0.05) is 19.1 Å². The number of nitrogens with one attached hydrogen (secondary N) is 1. The Morgan fingerprint density at radius 2 is 1.93 bits per heavy atom. The second kappa shape index (κ2) is 6.97. The summed E-state index contributed by atoms with van der Waals surface area (Å²) in [7, 11) is 0. The minimum Gasteiger partial charge on any atom is -0.490 e. The number of ether oxygens (including phenoxy) is 1. The van der Waals surface area contributed by atoms with E-state index in [9.17, 15) is 0 Å². The van der Waals surface area contributed by atoms with E-state index < -0.39 is 0 Å². The van der Waals surface area contributed by atoms with Crippen molar-refractivity contribution in [3.63, 3.8) is 0 Å². The Morgan fingerprint density at radius 1 is 1.19 bits per heavy atom. The molecule has 0 spiro atoms. The summed E-state index contributed by atoms with van der Waals surface area (Å²) in [5, 5.41) is 7.37. The topological polar surface area (TPSA) is 41.1 Å². The van der Waals surface area contributed by atoms with Crippen LogP contribution < -0.4 is 4.74 Å². The highest BCUT2D eigenvalue weighted by molar-refractivity contribution is 5.68. The van der Waals surface area contributed by atoms with Gasteiger partial charge in [-0.05, 0) is 83.0 Å². The van der Waals surface area contributed by atoms with Gasteiger partial charge in [0.15, 0.2) is 0 Å². The zero-order valence-electron chi connectivity index (χ0n) is 17.4. The molecular formula is C23H33N3O. The van der Waals surface area contributed by atoms with Crippen molar-refractivity contribution in [1.29, 1.82) is 0 Å². The number of aryl methyl sites for hydroxylation is 2. The van der Waals surface area contributed by atoms with Crippen molar-refractivity contribution in [2.75, 3.05) is 6.54 Å². The van der Waals surface area contributed by atoms with E-state index in [1.165, 1.54) is 36.9 Å². The summed E-state index contributed by atoms with van der Waals surface area (Å²) in [6.07, 6.45) is 5.22. The molecule has 2 fully saturated rings. The van der Waals surface area contributed by atoms with E-state index in [1.54, 1.807) is 0 Å². The molecule has 4 rings (SSSR count). The van der Waals surface area contributed by atoms with Crippen molar-refractivity contribution in [3.8, 4) is 16.9 Å². The van der Waals surface area contributed by atoms with Gasteiger partial charge < -0.3 is 4.74 Å². The molecule has 3 unspecified atom stereocenters. The smallest absolute Gasteiger partial charge is 0.119 e. The summed E-state index contributed by atoms with van der Waals surface area (Å²) in [6, 6.07) is 9.92. The van der Waals surface area contributed by atoms with Gasteiger partial charge in [-0.2, -0.15) is 5.10 Å². The zero-order chi connectivity index (χ0) is 19.2. The minimum atomic E-state index is 0.335. The summed E-state index contributed by atoms with van der Waals surface area (Å²) >= 11 is 0. The molecular weight excluding hydrogens is 334 g/mol. The van der Waals surface area contributed by atoms with Gasteiger partial charge in [0.05, 0.1) is 11.8 Å². The predicted molar refractivity (Wildman–Crippen MR) is 110 cm³/mol. The number of nitrogens with zero attached hydrogens (tertiary/aromatic N) is 2. The Morgan fingerprint density at radius 3 is 2.56 bits per heavy atom. The van der Waals surface area contributed by atoms with Crippen LogP contribution >= 0.6 is 0 Å². The molecule has 0 amide bonds. The standard InChI is InChI=1S/C23H33N3O/c1-15(2)26-13-12-23(5)14-20(10-11-21(23)26)27-19-8-6-18(7-9-19)22-16(3)24-25-17(22)4/h6-9,15,20-21H,10-14H2,1-5H3,(H,24,25). The van der Waals surface area contributed by atoms with E-state index in [-0.39, 0.29) is 0 Å². The van der Waals surface area contributed by atoms with Gasteiger partial charge in [0.1, 0.15) is 5.75 Å². The molecule has 27 heavy (non-hydrogen) atoms. The average Bonchev–Trinajstić information content (AvgIpc) is 3.14. The fourth-order valence-electron chi connectivity index (χ4n) is 5.41. The van der Waals surface area contributed by atoms with Crippen LogP contribution in [-0.2, 0) is 0 Å². The monoisotopic (exact) mass is 367 g/mol. The quantitative estimate of drug-likeness (QED) is 0.816. The highest BCUT2D eigenvalue weighted by Gasteiger charge is 2.48.